The minimum absolute atomic E-state index is 1.12. The van der Waals surface area contributed by atoms with E-state index in [1.165, 1.54) is 152 Å². The van der Waals surface area contributed by atoms with Crippen molar-refractivity contribution in [3.05, 3.63) is 30.3 Å². The molecule has 0 aliphatic heterocycles. The maximum absolute atomic E-state index is 2.29. The van der Waals surface area contributed by atoms with Gasteiger partial charge in [0.25, 0.3) is 0 Å². The van der Waals surface area contributed by atoms with Crippen LogP contribution in [-0.4, -0.2) is 37.9 Å². The van der Waals surface area contributed by atoms with Crippen LogP contribution in [0.4, 0.5) is 0 Å². The SMILES string of the molecule is CCCCCCCCCCCCCCCC[N+](C)(C)C.CCCCCCCCCSc1ccccc1. The molecule has 212 valence electrons. The molecule has 2 heteroatoms. The zero-order valence-corrected chi connectivity index (χ0v) is 26.3. The molecule has 0 atom stereocenters. The summed E-state index contributed by atoms with van der Waals surface area (Å²) in [4.78, 5) is 1.41. The second kappa shape index (κ2) is 27.6. The van der Waals surface area contributed by atoms with Gasteiger partial charge in [-0.15, -0.1) is 11.8 Å². The Morgan fingerprint density at radius 3 is 1.22 bits per heavy atom. The van der Waals surface area contributed by atoms with E-state index in [0.29, 0.717) is 0 Å². The van der Waals surface area contributed by atoms with Crippen LogP contribution in [0.3, 0.4) is 0 Å². The molecule has 1 rings (SSSR count). The number of hydrogen-bond donors (Lipinski definition) is 0. The molecule has 0 spiro atoms. The Kier molecular flexibility index (Phi) is 27.2. The summed E-state index contributed by atoms with van der Waals surface area (Å²) in [5, 5.41) is 0. The minimum atomic E-state index is 1.12. The van der Waals surface area contributed by atoms with Gasteiger partial charge in [-0.05, 0) is 37.1 Å². The second-order valence-electron chi connectivity index (χ2n) is 11.9. The van der Waals surface area contributed by atoms with Gasteiger partial charge in [-0.3, -0.25) is 0 Å². The van der Waals surface area contributed by atoms with Gasteiger partial charge in [-0.25, -0.2) is 0 Å². The summed E-state index contributed by atoms with van der Waals surface area (Å²) in [6.45, 7) is 5.90. The van der Waals surface area contributed by atoms with Crippen LogP contribution in [0.5, 0.6) is 0 Å². The predicted octanol–water partition coefficient (Wildman–Crippen LogP) is 11.7. The molecule has 0 aliphatic rings. The van der Waals surface area contributed by atoms with Crippen molar-refractivity contribution in [2.45, 2.75) is 154 Å². The third kappa shape index (κ3) is 29.8. The third-order valence-corrected chi connectivity index (χ3v) is 8.04. The first-order valence-electron chi connectivity index (χ1n) is 16.0. The Morgan fingerprint density at radius 1 is 0.472 bits per heavy atom. The summed E-state index contributed by atoms with van der Waals surface area (Å²) in [7, 11) is 6.88. The summed E-state index contributed by atoms with van der Waals surface area (Å²) in [6.07, 6.45) is 30.2. The van der Waals surface area contributed by atoms with E-state index >= 15 is 0 Å². The second-order valence-corrected chi connectivity index (χ2v) is 13.1. The van der Waals surface area contributed by atoms with Crippen molar-refractivity contribution in [3.8, 4) is 0 Å². The lowest BCUT2D eigenvalue weighted by atomic mass is 10.0. The lowest BCUT2D eigenvalue weighted by Gasteiger charge is -2.23. The average Bonchev–Trinajstić information content (AvgIpc) is 2.86. The zero-order chi connectivity index (χ0) is 26.6. The van der Waals surface area contributed by atoms with E-state index in [-0.39, 0.29) is 0 Å². The predicted molar refractivity (Wildman–Crippen MR) is 168 cm³/mol. The van der Waals surface area contributed by atoms with Crippen LogP contribution in [0.25, 0.3) is 0 Å². The van der Waals surface area contributed by atoms with Crippen LogP contribution in [0.2, 0.25) is 0 Å². The van der Waals surface area contributed by atoms with Crippen molar-refractivity contribution in [1.82, 2.24) is 0 Å². The Balaban J connectivity index is 0.000000696. The maximum atomic E-state index is 2.29. The summed E-state index contributed by atoms with van der Waals surface area (Å²) in [5.74, 6) is 1.28. The van der Waals surface area contributed by atoms with Gasteiger partial charge in [0.05, 0.1) is 27.7 Å². The molecule has 0 unspecified atom stereocenters. The number of benzene rings is 1. The fourth-order valence-corrected chi connectivity index (χ4v) is 5.48. The van der Waals surface area contributed by atoms with E-state index in [0.717, 1.165) is 4.48 Å². The van der Waals surface area contributed by atoms with E-state index < -0.39 is 0 Å². The molecule has 1 nitrogen and oxygen atoms in total. The molecule has 0 fully saturated rings. The van der Waals surface area contributed by atoms with Crippen LogP contribution < -0.4 is 0 Å². The fraction of sp³-hybridized carbons (Fsp3) is 0.824. The Bertz CT molecular complexity index is 522. The summed E-state index contributed by atoms with van der Waals surface area (Å²) in [5.41, 5.74) is 0. The highest BCUT2D eigenvalue weighted by Crippen LogP contribution is 2.19. The largest absolute Gasteiger partial charge is 0.331 e. The van der Waals surface area contributed by atoms with Gasteiger partial charge < -0.3 is 4.48 Å². The van der Waals surface area contributed by atoms with E-state index in [4.69, 9.17) is 0 Å². The topological polar surface area (TPSA) is 0 Å². The molecule has 1 aromatic rings. The van der Waals surface area contributed by atoms with Crippen molar-refractivity contribution in [2.24, 2.45) is 0 Å². The monoisotopic (exact) mass is 520 g/mol. The first-order valence-corrected chi connectivity index (χ1v) is 17.0. The molecule has 0 saturated heterocycles. The number of unbranched alkanes of at least 4 members (excludes halogenated alkanes) is 19. The molecule has 0 aliphatic carbocycles. The van der Waals surface area contributed by atoms with Crippen LogP contribution in [0, 0.1) is 0 Å². The highest BCUT2D eigenvalue weighted by atomic mass is 32.2. The van der Waals surface area contributed by atoms with Crippen LogP contribution in [-0.2, 0) is 0 Å². The third-order valence-electron chi connectivity index (χ3n) is 6.94. The number of nitrogens with zero attached hydrogens (tertiary/aromatic N) is 1. The molecule has 0 aromatic heterocycles. The number of thioether (sulfide) groups is 1. The molecule has 1 aromatic carbocycles. The van der Waals surface area contributed by atoms with Gasteiger partial charge >= 0.3 is 0 Å². The smallest absolute Gasteiger partial charge is 0.0780 e. The zero-order valence-electron chi connectivity index (χ0n) is 25.5. The molecular formula is C34H66NS+. The van der Waals surface area contributed by atoms with Crippen molar-refractivity contribution >= 4 is 11.8 Å². The highest BCUT2D eigenvalue weighted by Gasteiger charge is 2.05. The summed E-state index contributed by atoms with van der Waals surface area (Å²) >= 11 is 1.99. The van der Waals surface area contributed by atoms with Gasteiger partial charge in [0.1, 0.15) is 0 Å². The number of hydrogen-bond acceptors (Lipinski definition) is 1. The molecule has 0 heterocycles. The van der Waals surface area contributed by atoms with Crippen LogP contribution in [0.15, 0.2) is 35.2 Å². The number of quaternary nitrogens is 1. The Morgan fingerprint density at radius 2 is 0.833 bits per heavy atom. The number of rotatable bonds is 24. The normalized spacial score (nSPS) is 11.4. The summed E-state index contributed by atoms with van der Waals surface area (Å²) < 4.78 is 1.12. The van der Waals surface area contributed by atoms with Crippen LogP contribution in [0.1, 0.15) is 149 Å². The lowest BCUT2D eigenvalue weighted by molar-refractivity contribution is -0.870. The van der Waals surface area contributed by atoms with E-state index in [2.05, 4.69) is 65.3 Å². The van der Waals surface area contributed by atoms with Gasteiger partial charge in [-0.1, -0.05) is 148 Å². The van der Waals surface area contributed by atoms with Gasteiger partial charge in [0, 0.05) is 4.90 Å². The van der Waals surface area contributed by atoms with Gasteiger partial charge in [0.2, 0.25) is 0 Å². The molecular weight excluding hydrogens is 454 g/mol. The van der Waals surface area contributed by atoms with Crippen molar-refractivity contribution in [2.75, 3.05) is 33.4 Å². The summed E-state index contributed by atoms with van der Waals surface area (Å²) in [6, 6.07) is 10.7. The quantitative estimate of drug-likeness (QED) is 0.0741. The molecule has 0 saturated carbocycles. The molecule has 0 bridgehead atoms. The van der Waals surface area contributed by atoms with E-state index in [1.807, 2.05) is 11.8 Å². The Labute approximate surface area is 233 Å². The van der Waals surface area contributed by atoms with Gasteiger partial charge in [-0.2, -0.15) is 0 Å². The average molecular weight is 521 g/mol. The first-order chi connectivity index (χ1) is 17.5. The van der Waals surface area contributed by atoms with E-state index in [9.17, 15) is 0 Å². The standard InChI is InChI=1S/C19H42N.C15H24S/c1-5-6-7-8-9-10-11-12-13-14-15-16-17-18-19-20(2,3)4;1-2-3-4-5-6-7-11-14-16-15-12-9-8-10-13-15/h5-19H2,1-4H3;8-10,12-13H,2-7,11,14H2,1H3/q+1;. The molecule has 0 radical (unpaired) electrons. The maximum Gasteiger partial charge on any atom is 0.0780 e. The Hall–Kier alpha value is -0.470. The fourth-order valence-electron chi connectivity index (χ4n) is 4.55. The van der Waals surface area contributed by atoms with Crippen molar-refractivity contribution in [1.29, 1.82) is 0 Å². The molecule has 0 amide bonds. The van der Waals surface area contributed by atoms with Gasteiger partial charge in [0.15, 0.2) is 0 Å². The molecule has 0 N–H and O–H groups in total. The first kappa shape index (κ1) is 35.5. The highest BCUT2D eigenvalue weighted by molar-refractivity contribution is 7.99. The lowest BCUT2D eigenvalue weighted by Crippen LogP contribution is -2.35. The van der Waals surface area contributed by atoms with Crippen LogP contribution >= 0.6 is 11.8 Å². The van der Waals surface area contributed by atoms with Crippen molar-refractivity contribution < 1.29 is 4.48 Å². The van der Waals surface area contributed by atoms with Crippen molar-refractivity contribution in [3.63, 3.8) is 0 Å². The minimum Gasteiger partial charge on any atom is -0.331 e. The van der Waals surface area contributed by atoms with E-state index in [1.54, 1.807) is 0 Å². The molecule has 36 heavy (non-hydrogen) atoms.